The van der Waals surface area contributed by atoms with Crippen LogP contribution in [0.15, 0.2) is 10.5 Å². The Morgan fingerprint density at radius 2 is 2.31 bits per heavy atom. The van der Waals surface area contributed by atoms with E-state index < -0.39 is 0 Å². The summed E-state index contributed by atoms with van der Waals surface area (Å²) in [4.78, 5) is 0. The standard InChI is InChI=1S/C8H10ClN5S2/c1-14-7(6-5-16-13-10-6)11-12-8(14)15-4-2-3-9/h5H,2-4H2,1H3. The van der Waals surface area contributed by atoms with Crippen LogP contribution in [-0.2, 0) is 7.05 Å². The minimum Gasteiger partial charge on any atom is -0.304 e. The van der Waals surface area contributed by atoms with E-state index in [1.165, 1.54) is 11.5 Å². The molecule has 0 aliphatic carbocycles. The lowest BCUT2D eigenvalue weighted by atomic mass is 10.5. The van der Waals surface area contributed by atoms with Crippen molar-refractivity contribution in [3.63, 3.8) is 0 Å². The summed E-state index contributed by atoms with van der Waals surface area (Å²) >= 11 is 8.58. The van der Waals surface area contributed by atoms with Gasteiger partial charge < -0.3 is 4.57 Å². The summed E-state index contributed by atoms with van der Waals surface area (Å²) in [7, 11) is 1.93. The van der Waals surface area contributed by atoms with Gasteiger partial charge in [-0.1, -0.05) is 16.3 Å². The van der Waals surface area contributed by atoms with Gasteiger partial charge >= 0.3 is 0 Å². The minimum absolute atomic E-state index is 0.674. The van der Waals surface area contributed by atoms with Crippen LogP contribution in [0.3, 0.4) is 0 Å². The van der Waals surface area contributed by atoms with E-state index >= 15 is 0 Å². The van der Waals surface area contributed by atoms with Gasteiger partial charge in [-0.3, -0.25) is 0 Å². The maximum Gasteiger partial charge on any atom is 0.191 e. The smallest absolute Gasteiger partial charge is 0.191 e. The molecule has 0 aromatic carbocycles. The maximum atomic E-state index is 5.62. The van der Waals surface area contributed by atoms with Gasteiger partial charge in [0.2, 0.25) is 0 Å². The fourth-order valence-corrected chi connectivity index (χ4v) is 2.72. The second kappa shape index (κ2) is 5.60. The average Bonchev–Trinajstić information content (AvgIpc) is 2.89. The monoisotopic (exact) mass is 275 g/mol. The van der Waals surface area contributed by atoms with Crippen molar-refractivity contribution in [2.75, 3.05) is 11.6 Å². The summed E-state index contributed by atoms with van der Waals surface area (Å²) in [6.45, 7) is 0. The van der Waals surface area contributed by atoms with Crippen molar-refractivity contribution >= 4 is 34.9 Å². The molecule has 0 unspecified atom stereocenters. The van der Waals surface area contributed by atoms with E-state index in [4.69, 9.17) is 11.6 Å². The van der Waals surface area contributed by atoms with E-state index in [0.29, 0.717) is 5.88 Å². The topological polar surface area (TPSA) is 56.5 Å². The summed E-state index contributed by atoms with van der Waals surface area (Å²) in [6, 6.07) is 0. The van der Waals surface area contributed by atoms with Crippen molar-refractivity contribution < 1.29 is 0 Å². The molecule has 0 aliphatic rings. The first kappa shape index (κ1) is 11.8. The third kappa shape index (κ3) is 2.53. The number of halogens is 1. The summed E-state index contributed by atoms with van der Waals surface area (Å²) < 4.78 is 5.74. The van der Waals surface area contributed by atoms with Gasteiger partial charge in [0, 0.05) is 24.1 Å². The van der Waals surface area contributed by atoms with Crippen LogP contribution in [0.2, 0.25) is 0 Å². The number of hydrogen-bond acceptors (Lipinski definition) is 6. The van der Waals surface area contributed by atoms with Crippen molar-refractivity contribution in [3.8, 4) is 11.5 Å². The highest BCUT2D eigenvalue weighted by molar-refractivity contribution is 7.99. The molecule has 0 amide bonds. The summed E-state index contributed by atoms with van der Waals surface area (Å²) in [5.41, 5.74) is 0.768. The molecule has 2 rings (SSSR count). The fraction of sp³-hybridized carbons (Fsp3) is 0.500. The van der Waals surface area contributed by atoms with Crippen molar-refractivity contribution in [3.05, 3.63) is 5.38 Å². The van der Waals surface area contributed by atoms with Crippen molar-refractivity contribution in [2.24, 2.45) is 7.05 Å². The van der Waals surface area contributed by atoms with Gasteiger partial charge in [0.25, 0.3) is 0 Å². The number of nitrogens with zero attached hydrogens (tertiary/aromatic N) is 5. The molecule has 0 atom stereocenters. The number of rotatable bonds is 5. The molecule has 0 fully saturated rings. The molecule has 0 bridgehead atoms. The largest absolute Gasteiger partial charge is 0.304 e. The predicted molar refractivity (Wildman–Crippen MR) is 66.0 cm³/mol. The third-order valence-corrected chi connectivity index (χ3v) is 3.81. The Morgan fingerprint density at radius 3 is 3.00 bits per heavy atom. The molecule has 16 heavy (non-hydrogen) atoms. The maximum absolute atomic E-state index is 5.62. The second-order valence-electron chi connectivity index (χ2n) is 3.05. The van der Waals surface area contributed by atoms with Crippen molar-refractivity contribution in [1.82, 2.24) is 24.4 Å². The quantitative estimate of drug-likeness (QED) is 0.475. The molecule has 86 valence electrons. The first-order chi connectivity index (χ1) is 7.83. The summed E-state index contributed by atoms with van der Waals surface area (Å²) in [5.74, 6) is 2.38. The van der Waals surface area contributed by atoms with Gasteiger partial charge in [0.15, 0.2) is 11.0 Å². The third-order valence-electron chi connectivity index (χ3n) is 1.93. The highest BCUT2D eigenvalue weighted by Gasteiger charge is 2.12. The minimum atomic E-state index is 0.674. The lowest BCUT2D eigenvalue weighted by Gasteiger charge is -2.00. The molecule has 2 aromatic heterocycles. The van der Waals surface area contributed by atoms with Gasteiger partial charge in [-0.2, -0.15) is 0 Å². The van der Waals surface area contributed by atoms with Crippen molar-refractivity contribution in [2.45, 2.75) is 11.6 Å². The SMILES string of the molecule is Cn1c(SCCCCl)nnc1-c1csnn1. The molecule has 0 saturated carbocycles. The average molecular weight is 276 g/mol. The van der Waals surface area contributed by atoms with E-state index in [2.05, 4.69) is 19.8 Å². The highest BCUT2D eigenvalue weighted by Crippen LogP contribution is 2.21. The highest BCUT2D eigenvalue weighted by atomic mass is 35.5. The Balaban J connectivity index is 2.12. The van der Waals surface area contributed by atoms with Crippen LogP contribution in [0, 0.1) is 0 Å². The Kier molecular flexibility index (Phi) is 4.14. The van der Waals surface area contributed by atoms with Crippen LogP contribution in [0.25, 0.3) is 11.5 Å². The van der Waals surface area contributed by atoms with Crippen LogP contribution in [-0.4, -0.2) is 36.0 Å². The number of alkyl halides is 1. The zero-order valence-electron chi connectivity index (χ0n) is 8.63. The van der Waals surface area contributed by atoms with Crippen molar-refractivity contribution in [1.29, 1.82) is 0 Å². The first-order valence-corrected chi connectivity index (χ1v) is 7.04. The number of hydrogen-bond donors (Lipinski definition) is 0. The molecule has 0 spiro atoms. The van der Waals surface area contributed by atoms with Gasteiger partial charge in [0.05, 0.1) is 0 Å². The molecule has 8 heteroatoms. The number of thioether (sulfide) groups is 1. The van der Waals surface area contributed by atoms with Gasteiger partial charge in [-0.05, 0) is 18.0 Å². The van der Waals surface area contributed by atoms with Gasteiger partial charge in [-0.15, -0.1) is 26.9 Å². The molecule has 5 nitrogen and oxygen atoms in total. The van der Waals surface area contributed by atoms with Gasteiger partial charge in [-0.25, -0.2) is 0 Å². The Morgan fingerprint density at radius 1 is 1.44 bits per heavy atom. The van der Waals surface area contributed by atoms with E-state index in [0.717, 1.165) is 28.8 Å². The molecular formula is C8H10ClN5S2. The summed E-state index contributed by atoms with van der Waals surface area (Å²) in [6.07, 6.45) is 0.965. The predicted octanol–water partition coefficient (Wildman–Crippen LogP) is 2.05. The molecule has 2 heterocycles. The lowest BCUT2D eigenvalue weighted by Crippen LogP contribution is -1.95. The molecule has 0 aliphatic heterocycles. The Labute approximate surface area is 106 Å². The van der Waals surface area contributed by atoms with E-state index in [1.807, 2.05) is 17.0 Å². The summed E-state index contributed by atoms with van der Waals surface area (Å²) in [5, 5.41) is 14.9. The van der Waals surface area contributed by atoms with Crippen LogP contribution < -0.4 is 0 Å². The lowest BCUT2D eigenvalue weighted by molar-refractivity contribution is 0.791. The molecule has 0 N–H and O–H groups in total. The second-order valence-corrected chi connectivity index (χ2v) is 5.10. The van der Waals surface area contributed by atoms with E-state index in [1.54, 1.807) is 11.8 Å². The number of aromatic nitrogens is 5. The fourth-order valence-electron chi connectivity index (χ4n) is 1.14. The van der Waals surface area contributed by atoms with Crippen LogP contribution in [0.5, 0.6) is 0 Å². The molecule has 0 saturated heterocycles. The van der Waals surface area contributed by atoms with E-state index in [-0.39, 0.29) is 0 Å². The zero-order chi connectivity index (χ0) is 11.4. The van der Waals surface area contributed by atoms with Gasteiger partial charge in [0.1, 0.15) is 5.69 Å². The Hall–Kier alpha value is -0.660. The van der Waals surface area contributed by atoms with Crippen LogP contribution >= 0.6 is 34.9 Å². The molecule has 0 radical (unpaired) electrons. The molecule has 2 aromatic rings. The van der Waals surface area contributed by atoms with Crippen LogP contribution in [0.1, 0.15) is 6.42 Å². The first-order valence-electron chi connectivity index (χ1n) is 4.68. The Bertz CT molecular complexity index is 441. The molecular weight excluding hydrogens is 266 g/mol. The normalized spacial score (nSPS) is 10.9. The van der Waals surface area contributed by atoms with E-state index in [9.17, 15) is 0 Å². The zero-order valence-corrected chi connectivity index (χ0v) is 11.0. The van der Waals surface area contributed by atoms with Crippen LogP contribution in [0.4, 0.5) is 0 Å².